The van der Waals surface area contributed by atoms with E-state index in [1.165, 1.54) is 17.4 Å². The molecule has 0 aliphatic carbocycles. The minimum Gasteiger partial charge on any atom is -0.508 e. The Morgan fingerprint density at radius 1 is 1.25 bits per heavy atom. The number of phenolic OH excluding ortho intramolecular Hbond substituents is 1. The van der Waals surface area contributed by atoms with Crippen molar-refractivity contribution in [3.05, 3.63) is 44.1 Å². The Labute approximate surface area is 119 Å². The molecular weight excluding hydrogens is 274 g/mol. The summed E-state index contributed by atoms with van der Waals surface area (Å²) < 4.78 is 5.70. The minimum absolute atomic E-state index is 0.0924. The van der Waals surface area contributed by atoms with Crippen LogP contribution in [0.2, 0.25) is 0 Å². The van der Waals surface area contributed by atoms with Gasteiger partial charge in [-0.25, -0.2) is 4.98 Å². The molecule has 102 valence electrons. The third kappa shape index (κ3) is 1.91. The number of nitrogens with zero attached hydrogens (tertiary/aromatic N) is 1. The molecule has 0 amide bonds. The van der Waals surface area contributed by atoms with Gasteiger partial charge >= 0.3 is 0 Å². The highest BCUT2D eigenvalue weighted by atomic mass is 32.1. The number of rotatable bonds is 1. The molecule has 0 fully saturated rings. The SMILES string of the molecule is Cc1nc(-c2c(C)oc3cc(O)cc(C)c3c2=O)cs1. The second-order valence-corrected chi connectivity index (χ2v) is 5.81. The largest absolute Gasteiger partial charge is 0.508 e. The number of hydrogen-bond acceptors (Lipinski definition) is 5. The van der Waals surface area contributed by atoms with Gasteiger partial charge in [0, 0.05) is 11.4 Å². The highest BCUT2D eigenvalue weighted by Crippen LogP contribution is 2.28. The maximum absolute atomic E-state index is 12.7. The second kappa shape index (κ2) is 4.45. The third-order valence-corrected chi connectivity index (χ3v) is 4.00. The van der Waals surface area contributed by atoms with E-state index in [2.05, 4.69) is 4.98 Å². The number of aryl methyl sites for hydroxylation is 3. The van der Waals surface area contributed by atoms with E-state index in [0.29, 0.717) is 33.6 Å². The zero-order valence-electron chi connectivity index (χ0n) is 11.4. The van der Waals surface area contributed by atoms with Crippen LogP contribution in [0.25, 0.3) is 22.2 Å². The van der Waals surface area contributed by atoms with Crippen molar-refractivity contribution >= 4 is 22.3 Å². The molecular formula is C15H13NO3S. The Hall–Kier alpha value is -2.14. The highest BCUT2D eigenvalue weighted by molar-refractivity contribution is 7.09. The monoisotopic (exact) mass is 287 g/mol. The summed E-state index contributed by atoms with van der Waals surface area (Å²) in [4.78, 5) is 17.1. The molecule has 0 bridgehead atoms. The Morgan fingerprint density at radius 2 is 2.00 bits per heavy atom. The second-order valence-electron chi connectivity index (χ2n) is 4.75. The summed E-state index contributed by atoms with van der Waals surface area (Å²) in [7, 11) is 0. The predicted molar refractivity (Wildman–Crippen MR) is 79.5 cm³/mol. The van der Waals surface area contributed by atoms with Gasteiger partial charge in [-0.15, -0.1) is 11.3 Å². The molecule has 0 aliphatic heterocycles. The fourth-order valence-corrected chi connectivity index (χ4v) is 2.99. The molecule has 3 rings (SSSR count). The molecule has 5 heteroatoms. The van der Waals surface area contributed by atoms with Crippen LogP contribution in [0.3, 0.4) is 0 Å². The molecule has 3 aromatic rings. The van der Waals surface area contributed by atoms with Crippen molar-refractivity contribution in [3.63, 3.8) is 0 Å². The van der Waals surface area contributed by atoms with Gasteiger partial charge in [-0.2, -0.15) is 0 Å². The summed E-state index contributed by atoms with van der Waals surface area (Å²) in [5, 5.41) is 12.9. The van der Waals surface area contributed by atoms with Crippen LogP contribution in [0.1, 0.15) is 16.3 Å². The standard InChI is InChI=1S/C15H13NO3S/c1-7-4-10(17)5-12-13(7)15(18)14(8(2)19-12)11-6-20-9(3)16-11/h4-6,17H,1-3H3. The maximum atomic E-state index is 12.7. The number of hydrogen-bond donors (Lipinski definition) is 1. The normalized spacial score (nSPS) is 11.2. The first kappa shape index (κ1) is 12.9. The molecule has 2 heterocycles. The van der Waals surface area contributed by atoms with Crippen LogP contribution in [0.15, 0.2) is 26.7 Å². The molecule has 0 unspecified atom stereocenters. The lowest BCUT2D eigenvalue weighted by Gasteiger charge is -2.07. The van der Waals surface area contributed by atoms with Gasteiger partial charge in [0.05, 0.1) is 21.7 Å². The van der Waals surface area contributed by atoms with Crippen LogP contribution in [0, 0.1) is 20.8 Å². The summed E-state index contributed by atoms with van der Waals surface area (Å²) in [6, 6.07) is 3.03. The summed E-state index contributed by atoms with van der Waals surface area (Å²) >= 11 is 1.50. The van der Waals surface area contributed by atoms with E-state index in [9.17, 15) is 9.90 Å². The third-order valence-electron chi connectivity index (χ3n) is 3.23. The van der Waals surface area contributed by atoms with E-state index >= 15 is 0 Å². The van der Waals surface area contributed by atoms with Crippen LogP contribution in [0.5, 0.6) is 5.75 Å². The van der Waals surface area contributed by atoms with Crippen LogP contribution in [-0.2, 0) is 0 Å². The number of thiazole rings is 1. The first-order valence-corrected chi connectivity index (χ1v) is 7.05. The molecule has 0 saturated heterocycles. The zero-order chi connectivity index (χ0) is 14.4. The van der Waals surface area contributed by atoms with E-state index in [1.54, 1.807) is 19.9 Å². The van der Waals surface area contributed by atoms with Crippen molar-refractivity contribution in [1.29, 1.82) is 0 Å². The number of phenols is 1. The summed E-state index contributed by atoms with van der Waals surface area (Å²) in [6.45, 7) is 5.42. The Kier molecular flexibility index (Phi) is 2.87. The Balaban J connectivity index is 2.43. The van der Waals surface area contributed by atoms with Crippen LogP contribution >= 0.6 is 11.3 Å². The quantitative estimate of drug-likeness (QED) is 0.743. The van der Waals surface area contributed by atoms with Crippen molar-refractivity contribution in [2.24, 2.45) is 0 Å². The molecule has 0 atom stereocenters. The first-order chi connectivity index (χ1) is 9.47. The van der Waals surface area contributed by atoms with Crippen molar-refractivity contribution in [3.8, 4) is 17.0 Å². The minimum atomic E-state index is -0.105. The zero-order valence-corrected chi connectivity index (χ0v) is 12.2. The lowest BCUT2D eigenvalue weighted by molar-refractivity contribution is 0.473. The lowest BCUT2D eigenvalue weighted by Crippen LogP contribution is -2.09. The van der Waals surface area contributed by atoms with Gasteiger partial charge in [-0.1, -0.05) is 0 Å². The fraction of sp³-hybridized carbons (Fsp3) is 0.200. The van der Waals surface area contributed by atoms with Gasteiger partial charge in [0.1, 0.15) is 17.1 Å². The topological polar surface area (TPSA) is 63.3 Å². The van der Waals surface area contributed by atoms with E-state index in [4.69, 9.17) is 4.42 Å². The Morgan fingerprint density at radius 3 is 2.65 bits per heavy atom. The molecule has 20 heavy (non-hydrogen) atoms. The number of aromatic nitrogens is 1. The van der Waals surface area contributed by atoms with Crippen molar-refractivity contribution < 1.29 is 9.52 Å². The summed E-state index contributed by atoms with van der Waals surface area (Å²) in [6.07, 6.45) is 0. The van der Waals surface area contributed by atoms with E-state index < -0.39 is 0 Å². The van der Waals surface area contributed by atoms with Gasteiger partial charge < -0.3 is 9.52 Å². The molecule has 0 radical (unpaired) electrons. The molecule has 4 nitrogen and oxygen atoms in total. The van der Waals surface area contributed by atoms with E-state index in [0.717, 1.165) is 5.01 Å². The predicted octanol–water partition coefficient (Wildman–Crippen LogP) is 3.55. The van der Waals surface area contributed by atoms with Gasteiger partial charge in [0.15, 0.2) is 0 Å². The summed E-state index contributed by atoms with van der Waals surface area (Å²) in [5.74, 6) is 0.604. The van der Waals surface area contributed by atoms with Crippen LogP contribution in [0.4, 0.5) is 0 Å². The molecule has 0 spiro atoms. The summed E-state index contributed by atoms with van der Waals surface area (Å²) in [5.41, 5.74) is 2.14. The average molecular weight is 287 g/mol. The highest BCUT2D eigenvalue weighted by Gasteiger charge is 2.17. The smallest absolute Gasteiger partial charge is 0.202 e. The van der Waals surface area contributed by atoms with Gasteiger partial charge in [-0.3, -0.25) is 4.79 Å². The number of fused-ring (bicyclic) bond motifs is 1. The lowest BCUT2D eigenvalue weighted by atomic mass is 10.0. The van der Waals surface area contributed by atoms with Crippen molar-refractivity contribution in [2.75, 3.05) is 0 Å². The fourth-order valence-electron chi connectivity index (χ4n) is 2.38. The van der Waals surface area contributed by atoms with Crippen LogP contribution < -0.4 is 5.43 Å². The molecule has 0 saturated carbocycles. The van der Waals surface area contributed by atoms with Crippen molar-refractivity contribution in [1.82, 2.24) is 4.98 Å². The van der Waals surface area contributed by atoms with E-state index in [1.807, 2.05) is 12.3 Å². The van der Waals surface area contributed by atoms with Crippen molar-refractivity contribution in [2.45, 2.75) is 20.8 Å². The number of benzene rings is 1. The molecule has 1 aromatic carbocycles. The Bertz CT molecular complexity index is 877. The van der Waals surface area contributed by atoms with Gasteiger partial charge in [0.25, 0.3) is 0 Å². The first-order valence-electron chi connectivity index (χ1n) is 6.17. The molecule has 0 aliphatic rings. The van der Waals surface area contributed by atoms with Crippen LogP contribution in [-0.4, -0.2) is 10.1 Å². The molecule has 1 N–H and O–H groups in total. The van der Waals surface area contributed by atoms with Gasteiger partial charge in [-0.05, 0) is 32.4 Å². The maximum Gasteiger partial charge on any atom is 0.202 e. The van der Waals surface area contributed by atoms with Gasteiger partial charge in [0.2, 0.25) is 5.43 Å². The molecule has 2 aromatic heterocycles. The average Bonchev–Trinajstić information content (AvgIpc) is 2.73. The number of aromatic hydroxyl groups is 1. The van der Waals surface area contributed by atoms with E-state index in [-0.39, 0.29) is 11.2 Å².